The molecule has 0 saturated carbocycles. The second kappa shape index (κ2) is 6.50. The Morgan fingerprint density at radius 3 is 2.76 bits per heavy atom. The molecule has 3 rings (SSSR count). The van der Waals surface area contributed by atoms with E-state index >= 15 is 0 Å². The van der Waals surface area contributed by atoms with Crippen LogP contribution < -0.4 is 5.32 Å². The quantitative estimate of drug-likeness (QED) is 0.555. The van der Waals surface area contributed by atoms with Gasteiger partial charge in [0.05, 0.1) is 16.8 Å². The minimum atomic E-state index is -4.45. The number of fused-ring (bicyclic) bond motifs is 1. The number of alkyl halides is 4. The van der Waals surface area contributed by atoms with Gasteiger partial charge in [0.15, 0.2) is 4.11 Å². The van der Waals surface area contributed by atoms with Gasteiger partial charge in [-0.25, -0.2) is 0 Å². The molecule has 1 aliphatic rings. The maximum absolute atomic E-state index is 12.4. The summed E-state index contributed by atoms with van der Waals surface area (Å²) in [5, 5.41) is 6.00. The van der Waals surface area contributed by atoms with Crippen LogP contribution in [0.15, 0.2) is 23.4 Å². The summed E-state index contributed by atoms with van der Waals surface area (Å²) in [4.78, 5) is 17.5. The number of halogens is 4. The molecule has 0 aromatic carbocycles. The molecule has 1 atom stereocenters. The summed E-state index contributed by atoms with van der Waals surface area (Å²) >= 11 is 2.13. The number of hydrogen-bond acceptors (Lipinski definition) is 3. The average molecular weight is 465 g/mol. The zero-order chi connectivity index (χ0) is 18.4. The molecular formula is C16H15F3IN3O2. The first-order valence-electron chi connectivity index (χ1n) is 7.51. The number of nitrogens with zero attached hydrogens (tertiary/aromatic N) is 2. The van der Waals surface area contributed by atoms with Crippen molar-refractivity contribution in [3.8, 4) is 0 Å². The van der Waals surface area contributed by atoms with Crippen molar-refractivity contribution in [1.82, 2.24) is 9.72 Å². The lowest BCUT2D eigenvalue weighted by Gasteiger charge is -2.13. The molecule has 1 N–H and O–H groups in total. The van der Waals surface area contributed by atoms with Crippen LogP contribution in [0.3, 0.4) is 0 Å². The number of nitrogens with one attached hydrogen (secondary N) is 1. The van der Waals surface area contributed by atoms with Gasteiger partial charge in [-0.05, 0) is 60.2 Å². The molecule has 0 fully saturated rings. The molecule has 5 nitrogen and oxygen atoms in total. The minimum absolute atomic E-state index is 0.0608. The Hall–Kier alpha value is -1.78. The summed E-state index contributed by atoms with van der Waals surface area (Å²) in [5.41, 5.74) is 3.96. The summed E-state index contributed by atoms with van der Waals surface area (Å²) < 4.78 is 38.9. The van der Waals surface area contributed by atoms with Crippen molar-refractivity contribution in [2.45, 2.75) is 30.6 Å². The van der Waals surface area contributed by atoms with Gasteiger partial charge in [0, 0.05) is 12.1 Å². The lowest BCUT2D eigenvalue weighted by molar-refractivity contribution is -0.123. The van der Waals surface area contributed by atoms with E-state index in [1.165, 1.54) is 6.07 Å². The maximum Gasteiger partial charge on any atom is 0.405 e. The first-order chi connectivity index (χ1) is 11.7. The van der Waals surface area contributed by atoms with E-state index in [9.17, 15) is 18.0 Å². The Labute approximate surface area is 155 Å². The second-order valence-electron chi connectivity index (χ2n) is 5.84. The Balaban J connectivity index is 2.06. The third-order valence-corrected chi connectivity index (χ3v) is 4.57. The number of rotatable bonds is 3. The van der Waals surface area contributed by atoms with Crippen molar-refractivity contribution in [3.05, 3.63) is 40.7 Å². The Morgan fingerprint density at radius 1 is 1.44 bits per heavy atom. The topological polar surface area (TPSA) is 55.1 Å². The van der Waals surface area contributed by atoms with Crippen LogP contribution in [-0.2, 0) is 4.84 Å². The van der Waals surface area contributed by atoms with Gasteiger partial charge >= 0.3 is 6.18 Å². The number of pyridine rings is 1. The predicted octanol–water partition coefficient (Wildman–Crippen LogP) is 3.73. The molecule has 2 aromatic rings. The molecule has 0 spiro atoms. The lowest BCUT2D eigenvalue weighted by Crippen LogP contribution is -2.34. The Morgan fingerprint density at radius 2 is 2.16 bits per heavy atom. The van der Waals surface area contributed by atoms with E-state index in [2.05, 4.69) is 27.7 Å². The number of hydrogen-bond donors (Lipinski definition) is 1. The number of aromatic nitrogens is 1. The van der Waals surface area contributed by atoms with Gasteiger partial charge in [0.1, 0.15) is 12.3 Å². The van der Waals surface area contributed by atoms with Gasteiger partial charge in [-0.15, -0.1) is 0 Å². The van der Waals surface area contributed by atoms with Crippen molar-refractivity contribution < 1.29 is 22.8 Å². The second-order valence-corrected chi connectivity index (χ2v) is 7.23. The van der Waals surface area contributed by atoms with Gasteiger partial charge in [0.25, 0.3) is 5.91 Å². The third-order valence-electron chi connectivity index (χ3n) is 3.90. The highest BCUT2D eigenvalue weighted by Crippen LogP contribution is 2.27. The van der Waals surface area contributed by atoms with Crippen LogP contribution in [-0.4, -0.2) is 32.9 Å². The summed E-state index contributed by atoms with van der Waals surface area (Å²) in [5.74, 6) is -0.758. The fraction of sp³-hybridized carbons (Fsp3) is 0.375. The summed E-state index contributed by atoms with van der Waals surface area (Å²) in [6.07, 6.45) is -3.84. The molecule has 134 valence electrons. The number of carbonyl (C=O) groups excluding carboxylic acids is 1. The highest BCUT2D eigenvalue weighted by Gasteiger charge is 2.29. The van der Waals surface area contributed by atoms with Crippen LogP contribution in [0.25, 0.3) is 5.52 Å². The first kappa shape index (κ1) is 18.0. The third kappa shape index (κ3) is 3.60. The van der Waals surface area contributed by atoms with E-state index in [1.54, 1.807) is 6.07 Å². The lowest BCUT2D eigenvalue weighted by atomic mass is 10.1. The minimum Gasteiger partial charge on any atom is -0.381 e. The van der Waals surface area contributed by atoms with E-state index in [4.69, 9.17) is 4.84 Å². The van der Waals surface area contributed by atoms with Gasteiger partial charge in [-0.2, -0.15) is 13.2 Å². The van der Waals surface area contributed by atoms with Crippen LogP contribution in [0, 0.1) is 13.8 Å². The average Bonchev–Trinajstić information content (AvgIpc) is 3.08. The number of carbonyl (C=O) groups is 1. The predicted molar refractivity (Wildman–Crippen MR) is 95.3 cm³/mol. The normalized spacial score (nSPS) is 17.5. The SMILES string of the molecule is Cc1cc(C)n2c(C3=NOC(I)C3)ccc(C(=O)NCC(F)(F)F)c12. The van der Waals surface area contributed by atoms with Crippen LogP contribution in [0.4, 0.5) is 13.2 Å². The number of oxime groups is 1. The van der Waals surface area contributed by atoms with E-state index < -0.39 is 18.6 Å². The van der Waals surface area contributed by atoms with Crippen LogP contribution in [0.1, 0.15) is 33.7 Å². The monoisotopic (exact) mass is 465 g/mol. The summed E-state index contributed by atoms with van der Waals surface area (Å²) in [7, 11) is 0. The van der Waals surface area contributed by atoms with Gasteiger partial charge < -0.3 is 14.6 Å². The number of aryl methyl sites for hydroxylation is 2. The molecule has 0 bridgehead atoms. The molecule has 2 aromatic heterocycles. The van der Waals surface area contributed by atoms with Crippen molar-refractivity contribution in [1.29, 1.82) is 0 Å². The standard InChI is InChI=1S/C16H15F3IN3O2/c1-8-5-9(2)23-12(11-6-13(20)25-22-11)4-3-10(14(8)23)15(24)21-7-16(17,18)19/h3-5,13H,6-7H2,1-2H3,(H,21,24). The summed E-state index contributed by atoms with van der Waals surface area (Å²) in [6.45, 7) is 2.33. The molecular weight excluding hydrogens is 450 g/mol. The molecule has 1 aliphatic heterocycles. The maximum atomic E-state index is 12.4. The molecule has 9 heteroatoms. The molecule has 25 heavy (non-hydrogen) atoms. The van der Waals surface area contributed by atoms with Gasteiger partial charge in [0.2, 0.25) is 0 Å². The fourth-order valence-electron chi connectivity index (χ4n) is 2.94. The van der Waals surface area contributed by atoms with Gasteiger partial charge in [-0.3, -0.25) is 4.79 Å². The highest BCUT2D eigenvalue weighted by atomic mass is 127. The Kier molecular flexibility index (Phi) is 4.69. The van der Waals surface area contributed by atoms with E-state index in [1.807, 2.05) is 29.6 Å². The van der Waals surface area contributed by atoms with Crippen molar-refractivity contribution in [3.63, 3.8) is 0 Å². The zero-order valence-corrected chi connectivity index (χ0v) is 15.6. The molecule has 1 amide bonds. The Bertz CT molecular complexity index is 874. The highest BCUT2D eigenvalue weighted by molar-refractivity contribution is 14.1. The largest absolute Gasteiger partial charge is 0.405 e. The molecule has 3 heterocycles. The van der Waals surface area contributed by atoms with Gasteiger partial charge in [-0.1, -0.05) is 5.16 Å². The summed E-state index contributed by atoms with van der Waals surface area (Å²) in [6, 6.07) is 5.11. The molecule has 0 aliphatic carbocycles. The van der Waals surface area contributed by atoms with E-state index in [0.29, 0.717) is 11.9 Å². The van der Waals surface area contributed by atoms with Crippen LogP contribution in [0.5, 0.6) is 0 Å². The van der Waals surface area contributed by atoms with E-state index in [-0.39, 0.29) is 9.67 Å². The van der Waals surface area contributed by atoms with Crippen LogP contribution >= 0.6 is 22.6 Å². The molecule has 0 saturated heterocycles. The van der Waals surface area contributed by atoms with Crippen molar-refractivity contribution in [2.75, 3.05) is 6.54 Å². The zero-order valence-electron chi connectivity index (χ0n) is 13.4. The molecule has 1 unspecified atom stereocenters. The van der Waals surface area contributed by atoms with Crippen LogP contribution in [0.2, 0.25) is 0 Å². The number of amides is 1. The first-order valence-corrected chi connectivity index (χ1v) is 8.75. The molecule has 0 radical (unpaired) electrons. The smallest absolute Gasteiger partial charge is 0.381 e. The van der Waals surface area contributed by atoms with Crippen molar-refractivity contribution in [2.24, 2.45) is 5.16 Å². The fourth-order valence-corrected chi connectivity index (χ4v) is 3.47. The van der Waals surface area contributed by atoms with E-state index in [0.717, 1.165) is 22.7 Å². The van der Waals surface area contributed by atoms with Crippen molar-refractivity contribution >= 4 is 39.7 Å².